The van der Waals surface area contributed by atoms with Crippen LogP contribution >= 0.6 is 15.0 Å². The summed E-state index contributed by atoms with van der Waals surface area (Å²) < 4.78 is 41.7. The van der Waals surface area contributed by atoms with E-state index in [0.717, 1.165) is 0 Å². The zero-order valence-corrected chi connectivity index (χ0v) is 15.3. The van der Waals surface area contributed by atoms with Gasteiger partial charge < -0.3 is 24.3 Å². The van der Waals surface area contributed by atoms with E-state index in [1.54, 1.807) is 27.7 Å². The zero-order valence-electron chi connectivity index (χ0n) is 13.5. The number of H-pyrrole nitrogens is 1. The number of hydrogen-bond donors (Lipinski definition) is 2. The van der Waals surface area contributed by atoms with Crippen LogP contribution in [0.25, 0.3) is 0 Å². The average molecular weight is 353 g/mol. The molecule has 0 aliphatic heterocycles. The Labute approximate surface area is 131 Å². The topological polar surface area (TPSA) is 117 Å². The molecule has 3 N–H and O–H groups in total. The number of imidazole rings is 1. The lowest BCUT2D eigenvalue weighted by atomic mass is 10.4. The molecule has 0 aromatic carbocycles. The van der Waals surface area contributed by atoms with Gasteiger partial charge in [0.2, 0.25) is 0 Å². The summed E-state index contributed by atoms with van der Waals surface area (Å²) in [5, 5.41) is 0. The molecule has 1 aromatic rings. The maximum atomic E-state index is 13.2. The lowest BCUT2D eigenvalue weighted by Gasteiger charge is -2.22. The summed E-state index contributed by atoms with van der Waals surface area (Å²) in [4.78, 5) is 7.14. The average Bonchev–Trinajstić information content (AvgIpc) is 2.81. The van der Waals surface area contributed by atoms with E-state index in [1.807, 2.05) is 0 Å². The molecule has 0 bridgehead atoms. The van der Waals surface area contributed by atoms with Gasteiger partial charge in [-0.15, -0.1) is 0 Å². The summed E-state index contributed by atoms with van der Waals surface area (Å²) in [7, 11) is -7.04. The van der Waals surface area contributed by atoms with Crippen molar-refractivity contribution in [3.05, 3.63) is 11.4 Å². The molecule has 0 spiro atoms. The highest BCUT2D eigenvalue weighted by Crippen LogP contribution is 2.62. The van der Waals surface area contributed by atoms with Gasteiger partial charge in [-0.1, -0.05) is 0 Å². The molecule has 1 unspecified atom stereocenters. The number of aromatic nitrogens is 2. The van der Waals surface area contributed by atoms with Crippen molar-refractivity contribution in [1.82, 2.24) is 9.97 Å². The third kappa shape index (κ3) is 4.75. The van der Waals surface area contributed by atoms with Crippen LogP contribution in [-0.4, -0.2) is 35.7 Å². The molecule has 1 heterocycles. The summed E-state index contributed by atoms with van der Waals surface area (Å²) in [6.07, 6.45) is 0. The van der Waals surface area contributed by atoms with Crippen LogP contribution in [-0.2, 0) is 29.2 Å². The number of aromatic amines is 1. The summed E-state index contributed by atoms with van der Waals surface area (Å²) in [5.41, 5.74) is 7.04. The van der Waals surface area contributed by atoms with Gasteiger partial charge in [0.25, 0.3) is 7.37 Å². The van der Waals surface area contributed by atoms with E-state index in [1.165, 1.54) is 0 Å². The molecular formula is C12H25N3O5P2. The van der Waals surface area contributed by atoms with Crippen molar-refractivity contribution < 1.29 is 22.7 Å². The molecule has 22 heavy (non-hydrogen) atoms. The second kappa shape index (κ2) is 8.39. The predicted molar refractivity (Wildman–Crippen MR) is 85.8 cm³/mol. The minimum Gasteiger partial charge on any atom is -0.337 e. The standard InChI is InChI=1S/C12H25N3O5P2/c1-5-18-21(16,9-22(17,19-6-2)20-7-3)12-14-10(4)11(8-13)15-12/h5-9,13H2,1-4H3,(H,14,15). The Morgan fingerprint density at radius 3 is 2.05 bits per heavy atom. The fourth-order valence-electron chi connectivity index (χ4n) is 1.96. The number of rotatable bonds is 10. The third-order valence-corrected chi connectivity index (χ3v) is 8.55. The van der Waals surface area contributed by atoms with Gasteiger partial charge in [-0.3, -0.25) is 9.13 Å². The maximum Gasteiger partial charge on any atom is 0.340 e. The van der Waals surface area contributed by atoms with Gasteiger partial charge in [-0.2, -0.15) is 0 Å². The Morgan fingerprint density at radius 2 is 1.64 bits per heavy atom. The number of nitrogens with two attached hydrogens (primary N) is 1. The second-order valence-electron chi connectivity index (χ2n) is 4.52. The Hall–Kier alpha value is -0.490. The Bertz CT molecular complexity index is 565. The SMILES string of the molecule is CCOP(=O)(CP(=O)(OCC)c1nc(CN)c(C)[nH]1)OCC. The van der Waals surface area contributed by atoms with Gasteiger partial charge in [0, 0.05) is 12.2 Å². The van der Waals surface area contributed by atoms with Crippen molar-refractivity contribution >= 4 is 20.5 Å². The molecule has 1 atom stereocenters. The Balaban J connectivity index is 3.18. The molecule has 8 nitrogen and oxygen atoms in total. The van der Waals surface area contributed by atoms with E-state index in [9.17, 15) is 9.13 Å². The highest BCUT2D eigenvalue weighted by molar-refractivity contribution is 7.78. The minimum absolute atomic E-state index is 0.145. The van der Waals surface area contributed by atoms with Crippen LogP contribution in [0, 0.1) is 6.92 Å². The molecule has 128 valence electrons. The molecule has 0 saturated heterocycles. The van der Waals surface area contributed by atoms with Crippen molar-refractivity contribution in [1.29, 1.82) is 0 Å². The fraction of sp³-hybridized carbons (Fsp3) is 0.750. The molecule has 10 heteroatoms. The van der Waals surface area contributed by atoms with Crippen molar-refractivity contribution in [2.45, 2.75) is 34.2 Å². The first-order valence-electron chi connectivity index (χ1n) is 7.22. The highest BCUT2D eigenvalue weighted by Gasteiger charge is 2.40. The minimum atomic E-state index is -3.53. The highest BCUT2D eigenvalue weighted by atomic mass is 31.2. The largest absolute Gasteiger partial charge is 0.340 e. The van der Waals surface area contributed by atoms with Crippen LogP contribution < -0.4 is 11.3 Å². The number of hydrogen-bond acceptors (Lipinski definition) is 7. The van der Waals surface area contributed by atoms with Crippen molar-refractivity contribution in [3.63, 3.8) is 0 Å². The van der Waals surface area contributed by atoms with E-state index in [-0.39, 0.29) is 37.8 Å². The van der Waals surface area contributed by atoms with Crippen LogP contribution in [0.15, 0.2) is 0 Å². The van der Waals surface area contributed by atoms with Gasteiger partial charge in [-0.05, 0) is 27.7 Å². The third-order valence-electron chi connectivity index (χ3n) is 2.84. The summed E-state index contributed by atoms with van der Waals surface area (Å²) in [5.74, 6) is -0.355. The quantitative estimate of drug-likeness (QED) is 0.620. The van der Waals surface area contributed by atoms with E-state index in [2.05, 4.69) is 9.97 Å². The van der Waals surface area contributed by atoms with Gasteiger partial charge >= 0.3 is 7.60 Å². The van der Waals surface area contributed by atoms with E-state index in [4.69, 9.17) is 19.3 Å². The van der Waals surface area contributed by atoms with E-state index < -0.39 is 15.0 Å². The number of nitrogens with one attached hydrogen (secondary N) is 1. The summed E-state index contributed by atoms with van der Waals surface area (Å²) in [6, 6.07) is 0. The monoisotopic (exact) mass is 353 g/mol. The molecule has 0 aliphatic carbocycles. The first-order chi connectivity index (χ1) is 10.3. The van der Waals surface area contributed by atoms with Crippen molar-refractivity contribution in [2.24, 2.45) is 5.73 Å². The van der Waals surface area contributed by atoms with Gasteiger partial charge in [0.05, 0.1) is 25.5 Å². The smallest absolute Gasteiger partial charge is 0.337 e. The first kappa shape index (κ1) is 19.6. The lowest BCUT2D eigenvalue weighted by molar-refractivity contribution is 0.222. The molecule has 1 aromatic heterocycles. The maximum absolute atomic E-state index is 13.2. The molecular weight excluding hydrogens is 328 g/mol. The van der Waals surface area contributed by atoms with Gasteiger partial charge in [-0.25, -0.2) is 4.98 Å². The van der Waals surface area contributed by atoms with Crippen LogP contribution in [0.3, 0.4) is 0 Å². The predicted octanol–water partition coefficient (Wildman–Crippen LogP) is 2.34. The fourth-order valence-corrected chi connectivity index (χ4v) is 7.31. The van der Waals surface area contributed by atoms with Crippen LogP contribution in [0.1, 0.15) is 32.2 Å². The second-order valence-corrected chi connectivity index (χ2v) is 9.41. The normalized spacial score (nSPS) is 15.0. The molecule has 0 aliphatic rings. The van der Waals surface area contributed by atoms with Gasteiger partial charge in [0.1, 0.15) is 5.90 Å². The lowest BCUT2D eigenvalue weighted by Crippen LogP contribution is -2.17. The summed E-state index contributed by atoms with van der Waals surface area (Å²) in [6.45, 7) is 7.65. The number of nitrogens with zero attached hydrogens (tertiary/aromatic N) is 1. The Kier molecular flexibility index (Phi) is 7.46. The van der Waals surface area contributed by atoms with Crippen molar-refractivity contribution in [2.75, 3.05) is 25.7 Å². The molecule has 0 amide bonds. The molecule has 1 rings (SSSR count). The van der Waals surface area contributed by atoms with Crippen LogP contribution in [0.2, 0.25) is 0 Å². The first-order valence-corrected chi connectivity index (χ1v) is 10.8. The van der Waals surface area contributed by atoms with Crippen molar-refractivity contribution in [3.8, 4) is 0 Å². The number of aryl methyl sites for hydroxylation is 1. The molecule has 0 radical (unpaired) electrons. The zero-order chi connectivity index (χ0) is 16.8. The van der Waals surface area contributed by atoms with Gasteiger partial charge in [0.15, 0.2) is 5.57 Å². The van der Waals surface area contributed by atoms with Crippen LogP contribution in [0.4, 0.5) is 0 Å². The van der Waals surface area contributed by atoms with Crippen LogP contribution in [0.5, 0.6) is 0 Å². The summed E-state index contributed by atoms with van der Waals surface area (Å²) >= 11 is 0. The van der Waals surface area contributed by atoms with E-state index >= 15 is 0 Å². The molecule has 0 saturated carbocycles. The molecule has 0 fully saturated rings. The Morgan fingerprint density at radius 1 is 1.09 bits per heavy atom. The van der Waals surface area contributed by atoms with E-state index in [0.29, 0.717) is 11.4 Å².